The molecule has 0 radical (unpaired) electrons. The van der Waals surface area contributed by atoms with Gasteiger partial charge < -0.3 is 40.3 Å². The van der Waals surface area contributed by atoms with Gasteiger partial charge in [-0.25, -0.2) is 0 Å². The van der Waals surface area contributed by atoms with Gasteiger partial charge in [0.25, 0.3) is 0 Å². The summed E-state index contributed by atoms with van der Waals surface area (Å²) in [4.78, 5) is 13.0. The van der Waals surface area contributed by atoms with Crippen LogP contribution >= 0.6 is 0 Å². The molecular weight excluding hydrogens is 935 g/mol. The lowest BCUT2D eigenvalue weighted by molar-refractivity contribution is -0.302. The lowest BCUT2D eigenvalue weighted by atomic mass is 9.99. The van der Waals surface area contributed by atoms with Gasteiger partial charge in [-0.3, -0.25) is 4.79 Å². The van der Waals surface area contributed by atoms with E-state index in [9.17, 15) is 30.3 Å². The van der Waals surface area contributed by atoms with Gasteiger partial charge in [0.15, 0.2) is 6.29 Å². The quantitative estimate of drug-likeness (QED) is 0.0261. The van der Waals surface area contributed by atoms with E-state index in [4.69, 9.17) is 9.47 Å². The lowest BCUT2D eigenvalue weighted by Crippen LogP contribution is -2.60. The van der Waals surface area contributed by atoms with E-state index in [0.717, 1.165) is 38.5 Å². The summed E-state index contributed by atoms with van der Waals surface area (Å²) < 4.78 is 11.2. The summed E-state index contributed by atoms with van der Waals surface area (Å²) in [5, 5.41) is 54.4. The van der Waals surface area contributed by atoms with Crippen LogP contribution in [0.15, 0.2) is 24.3 Å². The predicted molar refractivity (Wildman–Crippen MR) is 318 cm³/mol. The first kappa shape index (κ1) is 71.7. The van der Waals surface area contributed by atoms with Gasteiger partial charge in [0, 0.05) is 6.42 Å². The number of hydrogen-bond donors (Lipinski definition) is 6. The molecule has 1 amide bonds. The second kappa shape index (κ2) is 56.0. The van der Waals surface area contributed by atoms with Crippen LogP contribution < -0.4 is 5.32 Å². The molecule has 1 saturated heterocycles. The zero-order valence-corrected chi connectivity index (χ0v) is 49.6. The number of allylic oxidation sites excluding steroid dienone is 3. The Morgan fingerprint density at radius 2 is 0.760 bits per heavy atom. The van der Waals surface area contributed by atoms with Crippen LogP contribution in [0.3, 0.4) is 0 Å². The molecule has 0 bridgehead atoms. The summed E-state index contributed by atoms with van der Waals surface area (Å²) in [6, 6.07) is -0.818. The topological polar surface area (TPSA) is 149 Å². The van der Waals surface area contributed by atoms with Crippen LogP contribution in [0.2, 0.25) is 0 Å². The van der Waals surface area contributed by atoms with Crippen molar-refractivity contribution in [1.29, 1.82) is 0 Å². The average Bonchev–Trinajstić information content (AvgIpc) is 3.41. The molecule has 9 nitrogen and oxygen atoms in total. The molecule has 444 valence electrons. The molecule has 7 unspecified atom stereocenters. The van der Waals surface area contributed by atoms with Crippen LogP contribution in [0.4, 0.5) is 0 Å². The van der Waals surface area contributed by atoms with Crippen LogP contribution in [-0.2, 0) is 14.3 Å². The Balaban J connectivity index is 2.01. The highest BCUT2D eigenvalue weighted by molar-refractivity contribution is 5.76. The summed E-state index contributed by atoms with van der Waals surface area (Å²) in [7, 11) is 0. The normalized spacial score (nSPS) is 18.9. The molecule has 75 heavy (non-hydrogen) atoms. The highest BCUT2D eigenvalue weighted by Gasteiger charge is 2.44. The molecule has 1 fully saturated rings. The minimum absolute atomic E-state index is 0.181. The SMILES string of the molecule is CCCCCCCCC/C=C/CC/C=C/C(O)C(COC1OC(CO)C(O)C(O)C1O)NC(=O)CCCCCCCCCCCCCCCCCCCCCCCCCCCCCCCCCCCCCCCCC. The second-order valence-corrected chi connectivity index (χ2v) is 23.3. The largest absolute Gasteiger partial charge is 0.394 e. The lowest BCUT2D eigenvalue weighted by Gasteiger charge is -2.40. The molecule has 0 saturated carbocycles. The molecule has 9 heteroatoms. The molecule has 7 atom stereocenters. The number of carbonyl (C=O) groups excluding carboxylic acids is 1. The third kappa shape index (κ3) is 45.1. The maximum absolute atomic E-state index is 13.0. The first-order valence-electron chi connectivity index (χ1n) is 33.1. The van der Waals surface area contributed by atoms with Crippen LogP contribution in [0.1, 0.15) is 335 Å². The fraction of sp³-hybridized carbons (Fsp3) is 0.924. The average molecular weight is 1060 g/mol. The first-order valence-corrected chi connectivity index (χ1v) is 33.1. The Kier molecular flexibility index (Phi) is 53.5. The molecule has 1 aliphatic rings. The van der Waals surface area contributed by atoms with E-state index in [1.165, 1.54) is 276 Å². The Hall–Kier alpha value is -1.33. The van der Waals surface area contributed by atoms with Crippen molar-refractivity contribution < 1.29 is 39.8 Å². The van der Waals surface area contributed by atoms with Crippen molar-refractivity contribution in [1.82, 2.24) is 5.32 Å². The van der Waals surface area contributed by atoms with E-state index in [1.54, 1.807) is 6.08 Å². The number of amides is 1. The molecule has 1 heterocycles. The maximum atomic E-state index is 13.0. The Morgan fingerprint density at radius 3 is 1.12 bits per heavy atom. The number of hydrogen-bond acceptors (Lipinski definition) is 8. The van der Waals surface area contributed by atoms with Gasteiger partial charge in [0.05, 0.1) is 25.4 Å². The van der Waals surface area contributed by atoms with Gasteiger partial charge in [0.1, 0.15) is 24.4 Å². The van der Waals surface area contributed by atoms with Gasteiger partial charge in [-0.1, -0.05) is 321 Å². The Morgan fingerprint density at radius 1 is 0.440 bits per heavy atom. The van der Waals surface area contributed by atoms with Gasteiger partial charge in [-0.2, -0.15) is 0 Å². The number of unbranched alkanes of at least 4 members (excludes halogenated alkanes) is 46. The number of ether oxygens (including phenoxy) is 2. The summed E-state index contributed by atoms with van der Waals surface area (Å²) in [5.74, 6) is -0.181. The van der Waals surface area contributed by atoms with E-state index < -0.39 is 49.5 Å². The molecule has 0 aromatic heterocycles. The Labute approximate surface area is 464 Å². The van der Waals surface area contributed by atoms with Gasteiger partial charge in [-0.15, -0.1) is 0 Å². The highest BCUT2D eigenvalue weighted by Crippen LogP contribution is 2.23. The third-order valence-corrected chi connectivity index (χ3v) is 16.0. The van der Waals surface area contributed by atoms with E-state index in [-0.39, 0.29) is 12.5 Å². The standard InChI is InChI=1S/C66H127NO8/c1-3-5-7-9-11-13-15-17-18-19-20-21-22-23-24-25-26-27-28-29-30-31-32-33-34-35-36-37-38-39-40-41-42-44-46-48-50-52-54-56-62(70)67-59(58-74-66-65(73)64(72)63(71)61(57-68)75-66)60(69)55-53-51-49-47-45-43-16-14-12-10-8-6-4-2/h45,47,53,55,59-61,63-66,68-69,71-73H,3-44,46,48-52,54,56-58H2,1-2H3,(H,67,70)/b47-45+,55-53+. The summed E-state index contributed by atoms with van der Waals surface area (Å²) in [5.41, 5.74) is 0. The van der Waals surface area contributed by atoms with Gasteiger partial charge >= 0.3 is 0 Å². The summed E-state index contributed by atoms with van der Waals surface area (Å²) >= 11 is 0. The van der Waals surface area contributed by atoms with Crippen molar-refractivity contribution in [3.63, 3.8) is 0 Å². The zero-order valence-electron chi connectivity index (χ0n) is 49.6. The number of aliphatic hydroxyl groups is 5. The zero-order chi connectivity index (χ0) is 54.3. The fourth-order valence-electron chi connectivity index (χ4n) is 10.8. The van der Waals surface area contributed by atoms with Crippen LogP contribution in [0.25, 0.3) is 0 Å². The Bertz CT molecular complexity index is 1230. The van der Waals surface area contributed by atoms with Crippen LogP contribution in [-0.4, -0.2) is 87.5 Å². The van der Waals surface area contributed by atoms with Crippen LogP contribution in [0.5, 0.6) is 0 Å². The minimum atomic E-state index is -1.57. The number of rotatable bonds is 58. The predicted octanol–water partition coefficient (Wildman–Crippen LogP) is 17.3. The fourth-order valence-corrected chi connectivity index (χ4v) is 10.8. The summed E-state index contributed by atoms with van der Waals surface area (Å²) in [6.45, 7) is 3.78. The molecule has 0 aromatic carbocycles. The third-order valence-electron chi connectivity index (χ3n) is 16.0. The molecular formula is C66H127NO8. The first-order chi connectivity index (χ1) is 36.8. The smallest absolute Gasteiger partial charge is 0.220 e. The molecule has 1 rings (SSSR count). The minimum Gasteiger partial charge on any atom is -0.394 e. The van der Waals surface area contributed by atoms with E-state index >= 15 is 0 Å². The summed E-state index contributed by atoms with van der Waals surface area (Å²) in [6.07, 6.45) is 66.0. The maximum Gasteiger partial charge on any atom is 0.220 e. The monoisotopic (exact) mass is 1060 g/mol. The van der Waals surface area contributed by atoms with Gasteiger partial charge in [-0.05, 0) is 32.1 Å². The van der Waals surface area contributed by atoms with Crippen molar-refractivity contribution in [3.05, 3.63) is 24.3 Å². The molecule has 6 N–H and O–H groups in total. The van der Waals surface area contributed by atoms with E-state index in [0.29, 0.717) is 6.42 Å². The van der Waals surface area contributed by atoms with Gasteiger partial charge in [0.2, 0.25) is 5.91 Å². The van der Waals surface area contributed by atoms with E-state index in [2.05, 4.69) is 31.3 Å². The van der Waals surface area contributed by atoms with Crippen molar-refractivity contribution in [2.75, 3.05) is 13.2 Å². The van der Waals surface area contributed by atoms with E-state index in [1.807, 2.05) is 6.08 Å². The van der Waals surface area contributed by atoms with Crippen molar-refractivity contribution >= 4 is 5.91 Å². The number of aliphatic hydroxyl groups excluding tert-OH is 5. The van der Waals surface area contributed by atoms with Crippen LogP contribution in [0, 0.1) is 0 Å². The molecule has 0 aromatic rings. The van der Waals surface area contributed by atoms with Crippen molar-refractivity contribution in [2.24, 2.45) is 0 Å². The second-order valence-electron chi connectivity index (χ2n) is 23.3. The number of nitrogens with one attached hydrogen (secondary N) is 1. The number of carbonyl (C=O) groups is 1. The molecule has 0 aliphatic carbocycles. The van der Waals surface area contributed by atoms with Crippen molar-refractivity contribution in [2.45, 2.75) is 378 Å². The highest BCUT2D eigenvalue weighted by atomic mass is 16.7. The molecule has 0 spiro atoms. The van der Waals surface area contributed by atoms with Crippen molar-refractivity contribution in [3.8, 4) is 0 Å². The molecule has 1 aliphatic heterocycles.